The standard InChI is InChI=1S/C18H24FNO2.C7H12/c1-18(17(21)22)9-6-16(12-18)20-10-7-14(8-11-20)13-2-4-15(19)5-3-13;1-7(2)5-3-4-6-7/h2-5,14,16H,6-12H2,1H3,(H,21,22);3-4H,5-6H2,1-2H3. The maximum absolute atomic E-state index is 13.0. The molecule has 1 saturated heterocycles. The van der Waals surface area contributed by atoms with Gasteiger partial charge in [0.05, 0.1) is 5.41 Å². The number of piperidine rings is 1. The summed E-state index contributed by atoms with van der Waals surface area (Å²) in [7, 11) is 0. The van der Waals surface area contributed by atoms with Crippen molar-refractivity contribution in [2.75, 3.05) is 13.1 Å². The van der Waals surface area contributed by atoms with E-state index in [0.717, 1.165) is 45.2 Å². The van der Waals surface area contributed by atoms with Gasteiger partial charge in [0.25, 0.3) is 0 Å². The largest absolute Gasteiger partial charge is 0.481 e. The summed E-state index contributed by atoms with van der Waals surface area (Å²) in [6.07, 6.45) is 11.8. The number of hydrogen-bond acceptors (Lipinski definition) is 2. The molecule has 3 nitrogen and oxygen atoms in total. The summed E-state index contributed by atoms with van der Waals surface area (Å²) in [5.41, 5.74) is 1.27. The van der Waals surface area contributed by atoms with Gasteiger partial charge in [0, 0.05) is 6.04 Å². The smallest absolute Gasteiger partial charge is 0.309 e. The summed E-state index contributed by atoms with van der Waals surface area (Å²) in [6.45, 7) is 8.51. The highest BCUT2D eigenvalue weighted by atomic mass is 19.1. The third-order valence-corrected chi connectivity index (χ3v) is 7.13. The van der Waals surface area contributed by atoms with Crippen LogP contribution in [0.2, 0.25) is 0 Å². The first-order chi connectivity index (χ1) is 13.7. The summed E-state index contributed by atoms with van der Waals surface area (Å²) >= 11 is 0. The van der Waals surface area contributed by atoms with Crippen molar-refractivity contribution < 1.29 is 14.3 Å². The topological polar surface area (TPSA) is 40.5 Å². The second-order valence-corrected chi connectivity index (χ2v) is 10.2. The highest BCUT2D eigenvalue weighted by Gasteiger charge is 2.43. The predicted octanol–water partition coefficient (Wildman–Crippen LogP) is 6.01. The zero-order valence-electron chi connectivity index (χ0n) is 18.2. The fourth-order valence-electron chi connectivity index (χ4n) is 4.94. The molecule has 1 N–H and O–H groups in total. The Labute approximate surface area is 175 Å². The Hall–Kier alpha value is -1.68. The van der Waals surface area contributed by atoms with Crippen LogP contribution in [0.25, 0.3) is 0 Å². The van der Waals surface area contributed by atoms with Crippen LogP contribution in [0.1, 0.15) is 77.2 Å². The summed E-state index contributed by atoms with van der Waals surface area (Å²) in [5, 5.41) is 9.35. The number of likely N-dealkylation sites (tertiary alicyclic amines) is 1. The van der Waals surface area contributed by atoms with Gasteiger partial charge in [-0.05, 0) is 94.0 Å². The van der Waals surface area contributed by atoms with Gasteiger partial charge in [-0.1, -0.05) is 38.1 Å². The third-order valence-electron chi connectivity index (χ3n) is 7.13. The number of rotatable bonds is 3. The molecule has 3 aliphatic rings. The van der Waals surface area contributed by atoms with Crippen LogP contribution in [0.15, 0.2) is 36.4 Å². The average Bonchev–Trinajstić information content (AvgIpc) is 3.29. The normalized spacial score (nSPS) is 29.4. The predicted molar refractivity (Wildman–Crippen MR) is 115 cm³/mol. The van der Waals surface area contributed by atoms with Crippen molar-refractivity contribution in [3.63, 3.8) is 0 Å². The van der Waals surface area contributed by atoms with E-state index in [4.69, 9.17) is 0 Å². The summed E-state index contributed by atoms with van der Waals surface area (Å²) in [4.78, 5) is 13.8. The van der Waals surface area contributed by atoms with Gasteiger partial charge in [-0.2, -0.15) is 0 Å². The average molecular weight is 402 g/mol. The van der Waals surface area contributed by atoms with Crippen molar-refractivity contribution >= 4 is 5.97 Å². The maximum Gasteiger partial charge on any atom is 0.309 e. The molecule has 4 heteroatoms. The molecule has 1 heterocycles. The number of aliphatic carboxylic acids is 1. The molecular weight excluding hydrogens is 365 g/mol. The van der Waals surface area contributed by atoms with Gasteiger partial charge in [-0.3, -0.25) is 4.79 Å². The van der Waals surface area contributed by atoms with Crippen molar-refractivity contribution in [2.45, 2.75) is 77.7 Å². The Morgan fingerprint density at radius 1 is 1.03 bits per heavy atom. The minimum atomic E-state index is -0.656. The first-order valence-corrected chi connectivity index (χ1v) is 11.1. The zero-order valence-corrected chi connectivity index (χ0v) is 18.2. The zero-order chi connectivity index (χ0) is 21.1. The van der Waals surface area contributed by atoms with E-state index in [9.17, 15) is 14.3 Å². The molecular formula is C25H36FNO2. The monoisotopic (exact) mass is 401 g/mol. The Morgan fingerprint density at radius 2 is 1.62 bits per heavy atom. The molecule has 0 aromatic heterocycles. The minimum Gasteiger partial charge on any atom is -0.481 e. The molecule has 1 aliphatic heterocycles. The number of nitrogens with zero attached hydrogens (tertiary/aromatic N) is 1. The van der Waals surface area contributed by atoms with Crippen molar-refractivity contribution in [1.29, 1.82) is 0 Å². The number of carboxylic acid groups (broad SMARTS) is 1. The maximum atomic E-state index is 13.0. The number of carboxylic acids is 1. The molecule has 2 unspecified atom stereocenters. The number of halogens is 1. The lowest BCUT2D eigenvalue weighted by molar-refractivity contribution is -0.147. The Kier molecular flexibility index (Phi) is 6.83. The van der Waals surface area contributed by atoms with Crippen molar-refractivity contribution in [3.05, 3.63) is 47.8 Å². The van der Waals surface area contributed by atoms with Gasteiger partial charge in [-0.15, -0.1) is 0 Å². The lowest BCUT2D eigenvalue weighted by Crippen LogP contribution is -2.40. The van der Waals surface area contributed by atoms with E-state index in [1.165, 1.54) is 30.5 Å². The van der Waals surface area contributed by atoms with Gasteiger partial charge in [-0.25, -0.2) is 4.39 Å². The molecule has 29 heavy (non-hydrogen) atoms. The Balaban J connectivity index is 0.000000290. The van der Waals surface area contributed by atoms with Crippen LogP contribution in [0.3, 0.4) is 0 Å². The molecule has 1 saturated carbocycles. The number of benzene rings is 1. The van der Waals surface area contributed by atoms with Crippen LogP contribution in [0, 0.1) is 16.6 Å². The summed E-state index contributed by atoms with van der Waals surface area (Å²) in [6, 6.07) is 7.28. The minimum absolute atomic E-state index is 0.180. The van der Waals surface area contributed by atoms with Crippen LogP contribution in [0.4, 0.5) is 4.39 Å². The van der Waals surface area contributed by atoms with E-state index in [0.29, 0.717) is 17.4 Å². The van der Waals surface area contributed by atoms with Crippen LogP contribution < -0.4 is 0 Å². The van der Waals surface area contributed by atoms with Gasteiger partial charge < -0.3 is 10.0 Å². The van der Waals surface area contributed by atoms with Gasteiger partial charge >= 0.3 is 5.97 Å². The van der Waals surface area contributed by atoms with E-state index < -0.39 is 11.4 Å². The molecule has 160 valence electrons. The molecule has 2 atom stereocenters. The first-order valence-electron chi connectivity index (χ1n) is 11.1. The highest BCUT2D eigenvalue weighted by molar-refractivity contribution is 5.74. The van der Waals surface area contributed by atoms with E-state index in [1.54, 1.807) is 0 Å². The van der Waals surface area contributed by atoms with Crippen LogP contribution in [-0.4, -0.2) is 35.1 Å². The van der Waals surface area contributed by atoms with E-state index in [1.807, 2.05) is 19.1 Å². The third kappa shape index (κ3) is 5.69. The SMILES string of the molecule is CC1(C(=O)O)CCC(N2CCC(c3ccc(F)cc3)CC2)C1.CC1(C)CC=CC1. The number of hydrogen-bond donors (Lipinski definition) is 1. The van der Waals surface area contributed by atoms with Crippen molar-refractivity contribution in [1.82, 2.24) is 4.90 Å². The Morgan fingerprint density at radius 3 is 2.07 bits per heavy atom. The quantitative estimate of drug-likeness (QED) is 0.631. The fourth-order valence-corrected chi connectivity index (χ4v) is 4.94. The second-order valence-electron chi connectivity index (χ2n) is 10.2. The number of allylic oxidation sites excluding steroid dienone is 2. The first kappa shape index (κ1) is 22.0. The molecule has 2 fully saturated rings. The van der Waals surface area contributed by atoms with Gasteiger partial charge in [0.15, 0.2) is 0 Å². The fraction of sp³-hybridized carbons (Fsp3) is 0.640. The lowest BCUT2D eigenvalue weighted by Gasteiger charge is -2.36. The molecule has 2 aliphatic carbocycles. The van der Waals surface area contributed by atoms with E-state index in [-0.39, 0.29) is 5.82 Å². The molecule has 4 rings (SSSR count). The second kappa shape index (κ2) is 8.99. The molecule has 0 spiro atoms. The molecule has 0 radical (unpaired) electrons. The van der Waals surface area contributed by atoms with E-state index in [2.05, 4.69) is 30.9 Å². The molecule has 1 aromatic rings. The van der Waals surface area contributed by atoms with Crippen molar-refractivity contribution in [3.8, 4) is 0 Å². The van der Waals surface area contributed by atoms with Crippen LogP contribution in [-0.2, 0) is 4.79 Å². The van der Waals surface area contributed by atoms with Gasteiger partial charge in [0.1, 0.15) is 5.82 Å². The summed E-state index contributed by atoms with van der Waals surface area (Å²) in [5.74, 6) is -0.333. The Bertz CT molecular complexity index is 709. The van der Waals surface area contributed by atoms with Gasteiger partial charge in [0.2, 0.25) is 0 Å². The highest BCUT2D eigenvalue weighted by Crippen LogP contribution is 2.42. The summed E-state index contributed by atoms with van der Waals surface area (Å²) < 4.78 is 13.0. The van der Waals surface area contributed by atoms with Crippen LogP contribution >= 0.6 is 0 Å². The molecule has 0 bridgehead atoms. The van der Waals surface area contributed by atoms with E-state index >= 15 is 0 Å². The lowest BCUT2D eigenvalue weighted by atomic mass is 9.87. The molecule has 1 aromatic carbocycles. The number of carbonyl (C=O) groups is 1. The van der Waals surface area contributed by atoms with Crippen molar-refractivity contribution in [2.24, 2.45) is 10.8 Å². The van der Waals surface area contributed by atoms with Crippen LogP contribution in [0.5, 0.6) is 0 Å². The molecule has 0 amide bonds.